The van der Waals surface area contributed by atoms with E-state index >= 15 is 0 Å². The maximum Gasteiger partial charge on any atom is 0.335 e. The molecular weight excluding hydrogens is 736 g/mol. The number of aliphatic hydroxyl groups excluding tert-OH is 1. The van der Waals surface area contributed by atoms with Crippen molar-refractivity contribution in [2.75, 3.05) is 13.7 Å². The largest absolute Gasteiger partial charge is 0.472 e. The molecule has 0 spiro atoms. The summed E-state index contributed by atoms with van der Waals surface area (Å²) in [5.74, 6) is -10.2. The molecule has 4 fully saturated rings. The van der Waals surface area contributed by atoms with Crippen LogP contribution in [0.4, 0.5) is 0 Å². The number of furan rings is 1. The van der Waals surface area contributed by atoms with Crippen molar-refractivity contribution in [2.24, 2.45) is 34.5 Å². The fraction of sp³-hybridized carbons (Fsp3) is 0.725. The molecule has 2 bridgehead atoms. The van der Waals surface area contributed by atoms with Crippen molar-refractivity contribution in [3.8, 4) is 0 Å². The normalized spacial score (nSPS) is 40.2. The van der Waals surface area contributed by atoms with Crippen LogP contribution in [0.1, 0.15) is 92.6 Å². The summed E-state index contributed by atoms with van der Waals surface area (Å²) in [5, 5.41) is 36.5. The second kappa shape index (κ2) is 15.5. The Morgan fingerprint density at radius 3 is 2.29 bits per heavy atom. The molecule has 1 aromatic rings. The van der Waals surface area contributed by atoms with Gasteiger partial charge in [-0.25, -0.2) is 4.79 Å². The van der Waals surface area contributed by atoms with Crippen molar-refractivity contribution in [3.63, 3.8) is 0 Å². The minimum Gasteiger partial charge on any atom is -0.472 e. The van der Waals surface area contributed by atoms with Crippen LogP contribution in [0.15, 0.2) is 35.2 Å². The summed E-state index contributed by atoms with van der Waals surface area (Å²) >= 11 is 0. The minimum absolute atomic E-state index is 0.0589. The average molecular weight is 793 g/mol. The van der Waals surface area contributed by atoms with Gasteiger partial charge in [-0.05, 0) is 36.5 Å². The van der Waals surface area contributed by atoms with Gasteiger partial charge in [0.25, 0.3) is 12.4 Å². The molecule has 3 heterocycles. The number of esters is 4. The molecule has 0 radical (unpaired) electrons. The number of rotatable bonds is 13. The molecule has 3 N–H and O–H groups in total. The van der Waals surface area contributed by atoms with Crippen LogP contribution in [0.25, 0.3) is 0 Å². The summed E-state index contributed by atoms with van der Waals surface area (Å²) < 4.78 is 46.9. The van der Waals surface area contributed by atoms with Crippen LogP contribution < -0.4 is 0 Å². The zero-order valence-corrected chi connectivity index (χ0v) is 33.5. The summed E-state index contributed by atoms with van der Waals surface area (Å²) in [6.07, 6.45) is -5.47. The molecular formula is C40H56O16. The van der Waals surface area contributed by atoms with E-state index in [2.05, 4.69) is 6.58 Å². The number of fused-ring (bicyclic) bond motifs is 3. The standard InChI is InChI=1S/C40H56O16/c1-11-21(4)31(44)35(46)55-33-32(51-19-41)30(22(5)40(48)27(54-34(45)20(2)3)14-25(38(33,40)9)24-12-13-50-17-24)37(8)26(15-29(43)49-10)36(7)18-52-39(47,56-36)16-28(37)53-23(6)42/h12-13,17,19-21,25-28,30-33,44,47-48H,5,11,14-16,18H2,1-4,6-10H3/t21-,25+,26+,27-,28+,30-,31-,32-,33+,36-,37-,38-,39+,40-/m1/s1. The zero-order chi connectivity index (χ0) is 41.8. The van der Waals surface area contributed by atoms with Gasteiger partial charge in [-0.2, -0.15) is 0 Å². The van der Waals surface area contributed by atoms with Crippen LogP contribution in [0.2, 0.25) is 0 Å². The molecule has 5 rings (SSSR count). The molecule has 14 atom stereocenters. The van der Waals surface area contributed by atoms with Crippen LogP contribution in [0, 0.1) is 34.5 Å². The minimum atomic E-state index is -2.33. The van der Waals surface area contributed by atoms with Crippen molar-refractivity contribution in [2.45, 2.75) is 135 Å². The first-order valence-corrected chi connectivity index (χ1v) is 19.0. The Bertz CT molecular complexity index is 1680. The van der Waals surface area contributed by atoms with E-state index in [9.17, 15) is 39.3 Å². The lowest BCUT2D eigenvalue weighted by Gasteiger charge is -2.62. The molecule has 4 aliphatic rings. The van der Waals surface area contributed by atoms with Gasteiger partial charge in [0.2, 0.25) is 0 Å². The third kappa shape index (κ3) is 6.84. The molecule has 0 unspecified atom stereocenters. The smallest absolute Gasteiger partial charge is 0.335 e. The van der Waals surface area contributed by atoms with Crippen molar-refractivity contribution >= 4 is 30.3 Å². The fourth-order valence-corrected chi connectivity index (χ4v) is 10.1. The van der Waals surface area contributed by atoms with E-state index in [1.165, 1.54) is 19.6 Å². The lowest BCUT2D eigenvalue weighted by atomic mass is 9.46. The third-order valence-electron chi connectivity index (χ3n) is 13.3. The van der Waals surface area contributed by atoms with Gasteiger partial charge >= 0.3 is 23.9 Å². The Hall–Kier alpha value is -3.83. The predicted octanol–water partition coefficient (Wildman–Crippen LogP) is 3.09. The van der Waals surface area contributed by atoms with Gasteiger partial charge < -0.3 is 52.9 Å². The van der Waals surface area contributed by atoms with Gasteiger partial charge in [-0.1, -0.05) is 54.5 Å². The van der Waals surface area contributed by atoms with E-state index in [0.717, 1.165) is 6.92 Å². The molecule has 312 valence electrons. The number of hydrogen-bond donors (Lipinski definition) is 3. The summed E-state index contributed by atoms with van der Waals surface area (Å²) in [5.41, 5.74) is -6.89. The molecule has 2 saturated heterocycles. The van der Waals surface area contributed by atoms with Crippen LogP contribution >= 0.6 is 0 Å². The Kier molecular flexibility index (Phi) is 12.0. The Labute approximate surface area is 326 Å². The van der Waals surface area contributed by atoms with E-state index in [1.807, 2.05) is 0 Å². The summed E-state index contributed by atoms with van der Waals surface area (Å²) in [4.78, 5) is 66.6. The first-order valence-electron chi connectivity index (χ1n) is 19.0. The lowest BCUT2D eigenvalue weighted by Crippen LogP contribution is -2.72. The van der Waals surface area contributed by atoms with Gasteiger partial charge in [0.05, 0.1) is 56.0 Å². The van der Waals surface area contributed by atoms with Crippen LogP contribution in [-0.4, -0.2) is 107 Å². The maximum atomic E-state index is 14.1. The summed E-state index contributed by atoms with van der Waals surface area (Å²) in [6, 6.07) is 1.64. The molecule has 0 amide bonds. The fourth-order valence-electron chi connectivity index (χ4n) is 10.1. The number of hydrogen-bond acceptors (Lipinski definition) is 16. The second-order valence-electron chi connectivity index (χ2n) is 16.8. The highest BCUT2D eigenvalue weighted by molar-refractivity contribution is 5.75. The van der Waals surface area contributed by atoms with Gasteiger partial charge in [0.1, 0.15) is 30.0 Å². The van der Waals surface area contributed by atoms with E-state index in [4.69, 9.17) is 37.6 Å². The van der Waals surface area contributed by atoms with Crippen molar-refractivity contribution < 1.29 is 76.9 Å². The van der Waals surface area contributed by atoms with Crippen LogP contribution in [-0.2, 0) is 57.1 Å². The number of aliphatic hydroxyl groups is 3. The molecule has 16 nitrogen and oxygen atoms in total. The Balaban J connectivity index is 1.87. The van der Waals surface area contributed by atoms with Crippen molar-refractivity contribution in [3.05, 3.63) is 36.3 Å². The monoisotopic (exact) mass is 792 g/mol. The van der Waals surface area contributed by atoms with E-state index in [-0.39, 0.29) is 25.1 Å². The Morgan fingerprint density at radius 1 is 1.05 bits per heavy atom. The molecule has 56 heavy (non-hydrogen) atoms. The lowest BCUT2D eigenvalue weighted by molar-refractivity contribution is -0.328. The number of carbonyl (C=O) groups is 5. The third-order valence-corrected chi connectivity index (χ3v) is 13.3. The topological polar surface area (TPSA) is 224 Å². The summed E-state index contributed by atoms with van der Waals surface area (Å²) in [6.45, 7) is 16.9. The van der Waals surface area contributed by atoms with Crippen molar-refractivity contribution in [1.29, 1.82) is 0 Å². The molecule has 2 aliphatic carbocycles. The predicted molar refractivity (Wildman–Crippen MR) is 192 cm³/mol. The highest BCUT2D eigenvalue weighted by atomic mass is 16.9. The highest BCUT2D eigenvalue weighted by Gasteiger charge is 2.79. The molecule has 2 aliphatic heterocycles. The zero-order valence-electron chi connectivity index (χ0n) is 33.5. The van der Waals surface area contributed by atoms with E-state index < -0.39 is 125 Å². The van der Waals surface area contributed by atoms with Crippen LogP contribution in [0.3, 0.4) is 0 Å². The van der Waals surface area contributed by atoms with Gasteiger partial charge in [-0.3, -0.25) is 19.2 Å². The number of methoxy groups -OCH3 is 1. The summed E-state index contributed by atoms with van der Waals surface area (Å²) in [7, 11) is 1.18. The van der Waals surface area contributed by atoms with E-state index in [0.29, 0.717) is 12.0 Å². The first-order chi connectivity index (χ1) is 26.1. The Morgan fingerprint density at radius 2 is 1.73 bits per heavy atom. The van der Waals surface area contributed by atoms with Crippen LogP contribution in [0.5, 0.6) is 0 Å². The van der Waals surface area contributed by atoms with Crippen molar-refractivity contribution in [1.82, 2.24) is 0 Å². The van der Waals surface area contributed by atoms with Gasteiger partial charge in [0, 0.05) is 30.1 Å². The second-order valence-corrected chi connectivity index (χ2v) is 16.8. The molecule has 0 aromatic carbocycles. The molecule has 16 heteroatoms. The number of ether oxygens (including phenoxy) is 7. The van der Waals surface area contributed by atoms with Gasteiger partial charge in [0.15, 0.2) is 6.10 Å². The SMILES string of the molecule is C=C1[C@@H]([C@@]2(C)[C@@H](OC(C)=O)C[C@]3(O)OC[C@@](C)(O3)[C@@H]2CC(=O)OC)[C@@H](OC=O)[C@H](OC(=O)[C@H](O)[C@H](C)CC)[C@@]2(C)[C@H](c3ccoc3)C[C@@H](OC(=O)C(C)C)[C@]12O. The molecule has 1 aromatic heterocycles. The van der Waals surface area contributed by atoms with Gasteiger partial charge in [-0.15, -0.1) is 0 Å². The van der Waals surface area contributed by atoms with E-state index in [1.54, 1.807) is 54.5 Å². The molecule has 2 saturated carbocycles. The average Bonchev–Trinajstić information content (AvgIpc) is 3.83. The highest BCUT2D eigenvalue weighted by Crippen LogP contribution is 2.70. The quantitative estimate of drug-likeness (QED) is 0.113. The number of carbonyl (C=O) groups excluding carboxylic acids is 5. The first kappa shape index (κ1) is 43.3. The maximum absolute atomic E-state index is 14.1.